The van der Waals surface area contributed by atoms with Crippen molar-refractivity contribution in [3.8, 4) is 0 Å². The lowest BCUT2D eigenvalue weighted by atomic mass is 10.0. The van der Waals surface area contributed by atoms with E-state index in [9.17, 15) is 9.59 Å². The van der Waals surface area contributed by atoms with E-state index in [2.05, 4.69) is 10.5 Å². The van der Waals surface area contributed by atoms with E-state index < -0.39 is 0 Å². The molecular weight excluding hydrogens is 268 g/mol. The van der Waals surface area contributed by atoms with Crippen molar-refractivity contribution in [2.75, 3.05) is 0 Å². The molecule has 0 spiro atoms. The largest absolute Gasteiger partial charge is 0.459 e. The lowest BCUT2D eigenvalue weighted by Gasteiger charge is -2.14. The van der Waals surface area contributed by atoms with Gasteiger partial charge in [-0.25, -0.2) is 10.2 Å². The van der Waals surface area contributed by atoms with Gasteiger partial charge >= 0.3 is 5.97 Å². The van der Waals surface area contributed by atoms with Gasteiger partial charge in [-0.15, -0.1) is 0 Å². The standard InChI is InChI=1S/C16H18N2O3/c1-10(11-2-3-11)21-16(20)13-6-4-12(5-7-13)14-8-9-15(19)18-17-14/h4-7,10-11H,2-3,8-9H2,1H3,(H,18,19). The second-order valence-electron chi connectivity index (χ2n) is 5.62. The molecule has 0 aromatic heterocycles. The van der Waals surface area contributed by atoms with Gasteiger partial charge in [-0.05, 0) is 43.4 Å². The molecule has 1 heterocycles. The molecule has 1 unspecified atom stereocenters. The Bertz CT molecular complexity index is 588. The average molecular weight is 286 g/mol. The predicted octanol–water partition coefficient (Wildman–Crippen LogP) is 2.26. The van der Waals surface area contributed by atoms with Gasteiger partial charge in [0.2, 0.25) is 5.91 Å². The first kappa shape index (κ1) is 13.8. The fraction of sp³-hybridized carbons (Fsp3) is 0.438. The van der Waals surface area contributed by atoms with Crippen LogP contribution in [0.15, 0.2) is 29.4 Å². The average Bonchev–Trinajstić information content (AvgIpc) is 3.33. The number of benzene rings is 1. The minimum Gasteiger partial charge on any atom is -0.459 e. The van der Waals surface area contributed by atoms with E-state index in [0.717, 1.165) is 24.1 Å². The highest BCUT2D eigenvalue weighted by Gasteiger charge is 2.30. The summed E-state index contributed by atoms with van der Waals surface area (Å²) < 4.78 is 5.43. The first-order valence-corrected chi connectivity index (χ1v) is 7.30. The van der Waals surface area contributed by atoms with E-state index in [4.69, 9.17) is 4.74 Å². The van der Waals surface area contributed by atoms with Crippen LogP contribution in [0.4, 0.5) is 0 Å². The molecule has 1 amide bonds. The number of ether oxygens (including phenoxy) is 1. The van der Waals surface area contributed by atoms with Crippen molar-refractivity contribution in [3.05, 3.63) is 35.4 Å². The van der Waals surface area contributed by atoms with Gasteiger partial charge in [0.15, 0.2) is 0 Å². The van der Waals surface area contributed by atoms with E-state index in [1.54, 1.807) is 12.1 Å². The Hall–Kier alpha value is -2.17. The molecule has 1 aliphatic carbocycles. The number of nitrogens with zero attached hydrogens (tertiary/aromatic N) is 1. The Morgan fingerprint density at radius 2 is 2.00 bits per heavy atom. The van der Waals surface area contributed by atoms with Crippen LogP contribution in [0, 0.1) is 5.92 Å². The predicted molar refractivity (Wildman–Crippen MR) is 78.0 cm³/mol. The molecule has 5 nitrogen and oxygen atoms in total. The summed E-state index contributed by atoms with van der Waals surface area (Å²) in [6, 6.07) is 7.18. The van der Waals surface area contributed by atoms with Crippen LogP contribution in [0.25, 0.3) is 0 Å². The zero-order valence-corrected chi connectivity index (χ0v) is 12.0. The molecule has 0 saturated heterocycles. The van der Waals surface area contributed by atoms with E-state index in [-0.39, 0.29) is 18.0 Å². The SMILES string of the molecule is CC(OC(=O)c1ccc(C2=NNC(=O)CC2)cc1)C1CC1. The van der Waals surface area contributed by atoms with E-state index >= 15 is 0 Å². The number of carbonyl (C=O) groups excluding carboxylic acids is 2. The van der Waals surface area contributed by atoms with Crippen LogP contribution in [0.1, 0.15) is 48.5 Å². The highest BCUT2D eigenvalue weighted by molar-refractivity contribution is 6.04. The van der Waals surface area contributed by atoms with Crippen molar-refractivity contribution >= 4 is 17.6 Å². The third kappa shape index (κ3) is 3.29. The Kier molecular flexibility index (Phi) is 3.73. The first-order valence-electron chi connectivity index (χ1n) is 7.30. The number of hydrogen-bond donors (Lipinski definition) is 1. The van der Waals surface area contributed by atoms with Crippen LogP contribution in [-0.2, 0) is 9.53 Å². The summed E-state index contributed by atoms with van der Waals surface area (Å²) in [6.45, 7) is 1.95. The summed E-state index contributed by atoms with van der Waals surface area (Å²) in [6.07, 6.45) is 3.36. The maximum atomic E-state index is 12.0. The van der Waals surface area contributed by atoms with Gasteiger partial charge in [-0.2, -0.15) is 5.10 Å². The van der Waals surface area contributed by atoms with Gasteiger partial charge < -0.3 is 4.74 Å². The molecule has 1 aromatic carbocycles. The maximum Gasteiger partial charge on any atom is 0.338 e. The second-order valence-corrected chi connectivity index (χ2v) is 5.62. The minimum atomic E-state index is -0.278. The number of hydrogen-bond acceptors (Lipinski definition) is 4. The van der Waals surface area contributed by atoms with Crippen LogP contribution >= 0.6 is 0 Å². The summed E-state index contributed by atoms with van der Waals surface area (Å²) >= 11 is 0. The Morgan fingerprint density at radius 3 is 2.57 bits per heavy atom. The first-order chi connectivity index (χ1) is 10.1. The molecule has 1 saturated carbocycles. The summed E-state index contributed by atoms with van der Waals surface area (Å²) in [5, 5.41) is 4.04. The van der Waals surface area contributed by atoms with Crippen LogP contribution in [-0.4, -0.2) is 23.7 Å². The number of rotatable bonds is 4. The Morgan fingerprint density at radius 1 is 1.29 bits per heavy atom. The minimum absolute atomic E-state index is 0.00453. The summed E-state index contributed by atoms with van der Waals surface area (Å²) in [4.78, 5) is 23.1. The van der Waals surface area contributed by atoms with Crippen molar-refractivity contribution < 1.29 is 14.3 Å². The Balaban J connectivity index is 1.66. The summed E-state index contributed by atoms with van der Waals surface area (Å²) in [5.41, 5.74) is 4.77. The van der Waals surface area contributed by atoms with Crippen molar-refractivity contribution in [2.45, 2.75) is 38.7 Å². The van der Waals surface area contributed by atoms with Crippen molar-refractivity contribution in [2.24, 2.45) is 11.0 Å². The third-order valence-corrected chi connectivity index (χ3v) is 3.94. The fourth-order valence-corrected chi connectivity index (χ4v) is 2.38. The maximum absolute atomic E-state index is 12.0. The van der Waals surface area contributed by atoms with Crippen LogP contribution in [0.2, 0.25) is 0 Å². The molecule has 1 N–H and O–H groups in total. The van der Waals surface area contributed by atoms with Crippen molar-refractivity contribution in [1.82, 2.24) is 5.43 Å². The van der Waals surface area contributed by atoms with Gasteiger partial charge in [0.05, 0.1) is 11.3 Å². The van der Waals surface area contributed by atoms with E-state index in [0.29, 0.717) is 24.3 Å². The molecule has 1 aliphatic heterocycles. The highest BCUT2D eigenvalue weighted by Crippen LogP contribution is 2.34. The van der Waals surface area contributed by atoms with Gasteiger partial charge in [0.1, 0.15) is 6.10 Å². The van der Waals surface area contributed by atoms with Gasteiger partial charge in [0, 0.05) is 12.8 Å². The molecular formula is C16H18N2O3. The number of esters is 1. The van der Waals surface area contributed by atoms with Gasteiger partial charge in [0.25, 0.3) is 0 Å². The second kappa shape index (κ2) is 5.68. The highest BCUT2D eigenvalue weighted by atomic mass is 16.5. The Labute approximate surface area is 123 Å². The molecule has 2 aliphatic rings. The normalized spacial score (nSPS) is 19.5. The summed E-state index contributed by atoms with van der Waals surface area (Å²) in [7, 11) is 0. The van der Waals surface area contributed by atoms with Crippen molar-refractivity contribution in [1.29, 1.82) is 0 Å². The molecule has 110 valence electrons. The number of nitrogens with one attached hydrogen (secondary N) is 1. The quantitative estimate of drug-likeness (QED) is 0.863. The molecule has 1 fully saturated rings. The van der Waals surface area contributed by atoms with Gasteiger partial charge in [-0.1, -0.05) is 12.1 Å². The number of hydrazone groups is 1. The molecule has 0 bridgehead atoms. The molecule has 5 heteroatoms. The monoisotopic (exact) mass is 286 g/mol. The van der Waals surface area contributed by atoms with Crippen LogP contribution < -0.4 is 5.43 Å². The molecule has 21 heavy (non-hydrogen) atoms. The van der Waals surface area contributed by atoms with Crippen molar-refractivity contribution in [3.63, 3.8) is 0 Å². The number of amides is 1. The molecule has 1 atom stereocenters. The van der Waals surface area contributed by atoms with Gasteiger partial charge in [-0.3, -0.25) is 4.79 Å². The molecule has 1 aromatic rings. The van der Waals surface area contributed by atoms with E-state index in [1.165, 1.54) is 0 Å². The van der Waals surface area contributed by atoms with Crippen LogP contribution in [0.3, 0.4) is 0 Å². The summed E-state index contributed by atoms with van der Waals surface area (Å²) in [5.74, 6) is 0.196. The topological polar surface area (TPSA) is 67.8 Å². The van der Waals surface area contributed by atoms with E-state index in [1.807, 2.05) is 19.1 Å². The lowest BCUT2D eigenvalue weighted by Crippen LogP contribution is -2.25. The lowest BCUT2D eigenvalue weighted by molar-refractivity contribution is -0.121. The molecule has 3 rings (SSSR count). The fourth-order valence-electron chi connectivity index (χ4n) is 2.38. The zero-order valence-electron chi connectivity index (χ0n) is 12.0. The number of carbonyl (C=O) groups is 2. The zero-order chi connectivity index (χ0) is 14.8. The smallest absolute Gasteiger partial charge is 0.338 e. The van der Waals surface area contributed by atoms with Crippen LogP contribution in [0.5, 0.6) is 0 Å². The molecule has 0 radical (unpaired) electrons. The third-order valence-electron chi connectivity index (χ3n) is 3.94.